The summed E-state index contributed by atoms with van der Waals surface area (Å²) in [6.45, 7) is 23.9. The standard InChI is InChI=1S/C31H36N2.C2H6/c1-7-16-26(11-5)32(27(12-6)17-8-2)30-22-24-31(25-23-30)33(28(18-9-3)19-10-4)29-20-14-13-15-21-29;1-2/h7-9,11-12,14,16-25H,1-2,5-6,10,13,15H2,3-4H3;1-2H3/b18-9-,26-16+,27-17+,28-19+;. The minimum absolute atomic E-state index is 0.904. The second kappa shape index (κ2) is 16.8. The first-order chi connectivity index (χ1) is 17.1. The third-order valence-corrected chi connectivity index (χ3v) is 5.12. The van der Waals surface area contributed by atoms with E-state index in [0.29, 0.717) is 0 Å². The molecule has 0 saturated heterocycles. The minimum Gasteiger partial charge on any atom is -0.311 e. The van der Waals surface area contributed by atoms with E-state index < -0.39 is 0 Å². The summed E-state index contributed by atoms with van der Waals surface area (Å²) >= 11 is 0. The number of nitrogens with zero attached hydrogens (tertiary/aromatic N) is 2. The third-order valence-electron chi connectivity index (χ3n) is 5.12. The van der Waals surface area contributed by atoms with Crippen molar-refractivity contribution in [2.75, 3.05) is 9.80 Å². The molecule has 0 radical (unpaired) electrons. The highest BCUT2D eigenvalue weighted by Gasteiger charge is 2.17. The Bertz CT molecular complexity index is 993. The van der Waals surface area contributed by atoms with Crippen LogP contribution in [0.25, 0.3) is 0 Å². The molecule has 1 aliphatic carbocycles. The van der Waals surface area contributed by atoms with E-state index in [1.807, 2.05) is 38.2 Å². The van der Waals surface area contributed by atoms with Gasteiger partial charge in [0, 0.05) is 34.2 Å². The van der Waals surface area contributed by atoms with Crippen LogP contribution in [0.1, 0.15) is 47.0 Å². The highest BCUT2D eigenvalue weighted by Crippen LogP contribution is 2.32. The van der Waals surface area contributed by atoms with Crippen molar-refractivity contribution in [2.45, 2.75) is 47.0 Å². The third kappa shape index (κ3) is 8.19. The van der Waals surface area contributed by atoms with Gasteiger partial charge in [-0.25, -0.2) is 0 Å². The molecule has 0 heterocycles. The average Bonchev–Trinajstić information content (AvgIpc) is 2.90. The molecule has 0 spiro atoms. The first kappa shape index (κ1) is 29.3. The Balaban J connectivity index is 0.00000298. The molecule has 35 heavy (non-hydrogen) atoms. The maximum Gasteiger partial charge on any atom is 0.0463 e. The van der Waals surface area contributed by atoms with E-state index in [0.717, 1.165) is 42.0 Å². The largest absolute Gasteiger partial charge is 0.311 e. The molecule has 0 saturated carbocycles. The van der Waals surface area contributed by atoms with E-state index >= 15 is 0 Å². The van der Waals surface area contributed by atoms with E-state index in [2.05, 4.69) is 111 Å². The molecule has 1 aromatic rings. The lowest BCUT2D eigenvalue weighted by Crippen LogP contribution is -2.22. The zero-order valence-corrected chi connectivity index (χ0v) is 22.1. The molecule has 2 rings (SSSR count). The van der Waals surface area contributed by atoms with Gasteiger partial charge < -0.3 is 9.80 Å². The van der Waals surface area contributed by atoms with Crippen molar-refractivity contribution in [1.82, 2.24) is 0 Å². The van der Waals surface area contributed by atoms with Crippen LogP contribution in [0, 0.1) is 0 Å². The Morgan fingerprint density at radius 2 is 1.43 bits per heavy atom. The van der Waals surface area contributed by atoms with Crippen LogP contribution >= 0.6 is 0 Å². The molecule has 2 heteroatoms. The lowest BCUT2D eigenvalue weighted by atomic mass is 10.1. The van der Waals surface area contributed by atoms with E-state index in [1.54, 1.807) is 12.2 Å². The summed E-state index contributed by atoms with van der Waals surface area (Å²) in [5.41, 5.74) is 6.27. The van der Waals surface area contributed by atoms with E-state index in [9.17, 15) is 0 Å². The second-order valence-corrected chi connectivity index (χ2v) is 7.40. The molecule has 0 fully saturated rings. The summed E-state index contributed by atoms with van der Waals surface area (Å²) in [5, 5.41) is 0. The van der Waals surface area contributed by atoms with Crippen molar-refractivity contribution < 1.29 is 0 Å². The summed E-state index contributed by atoms with van der Waals surface area (Å²) in [6.07, 6.45) is 27.4. The number of rotatable bonds is 12. The fourth-order valence-corrected chi connectivity index (χ4v) is 3.73. The predicted molar refractivity (Wildman–Crippen MR) is 159 cm³/mol. The first-order valence-corrected chi connectivity index (χ1v) is 12.4. The van der Waals surface area contributed by atoms with Gasteiger partial charge in [0.15, 0.2) is 0 Å². The molecule has 0 amide bonds. The van der Waals surface area contributed by atoms with Crippen LogP contribution in [0.2, 0.25) is 0 Å². The molecule has 1 aromatic carbocycles. The maximum atomic E-state index is 3.99. The van der Waals surface area contributed by atoms with Crippen LogP contribution in [0.3, 0.4) is 0 Å². The van der Waals surface area contributed by atoms with Crippen molar-refractivity contribution in [1.29, 1.82) is 0 Å². The zero-order chi connectivity index (χ0) is 26.1. The highest BCUT2D eigenvalue weighted by molar-refractivity contribution is 5.69. The second-order valence-electron chi connectivity index (χ2n) is 7.40. The predicted octanol–water partition coefficient (Wildman–Crippen LogP) is 9.94. The Morgan fingerprint density at radius 1 is 0.857 bits per heavy atom. The molecule has 0 aliphatic heterocycles. The van der Waals surface area contributed by atoms with Gasteiger partial charge >= 0.3 is 0 Å². The first-order valence-electron chi connectivity index (χ1n) is 12.4. The van der Waals surface area contributed by atoms with E-state index in [4.69, 9.17) is 0 Å². The van der Waals surface area contributed by atoms with Crippen LogP contribution in [0.4, 0.5) is 11.4 Å². The van der Waals surface area contributed by atoms with E-state index in [-0.39, 0.29) is 0 Å². The van der Waals surface area contributed by atoms with Crippen LogP contribution in [0.5, 0.6) is 0 Å². The van der Waals surface area contributed by atoms with Crippen LogP contribution < -0.4 is 9.80 Å². The highest BCUT2D eigenvalue weighted by atomic mass is 15.2. The molecular formula is C33H42N2. The number of benzene rings is 1. The molecular weight excluding hydrogens is 424 g/mol. The summed E-state index contributed by atoms with van der Waals surface area (Å²) in [7, 11) is 0. The lowest BCUT2D eigenvalue weighted by molar-refractivity contribution is 0.982. The van der Waals surface area contributed by atoms with Gasteiger partial charge in [0.05, 0.1) is 0 Å². The summed E-state index contributed by atoms with van der Waals surface area (Å²) in [4.78, 5) is 4.40. The van der Waals surface area contributed by atoms with Crippen LogP contribution in [0.15, 0.2) is 146 Å². The van der Waals surface area contributed by atoms with Crippen molar-refractivity contribution in [3.63, 3.8) is 0 Å². The van der Waals surface area contributed by atoms with Crippen molar-refractivity contribution >= 4 is 11.4 Å². The van der Waals surface area contributed by atoms with Gasteiger partial charge in [0.1, 0.15) is 0 Å². The number of allylic oxidation sites excluding steroid dienone is 12. The number of hydrogen-bond donors (Lipinski definition) is 0. The van der Waals surface area contributed by atoms with Crippen LogP contribution in [-0.4, -0.2) is 0 Å². The summed E-state index contributed by atoms with van der Waals surface area (Å²) in [6, 6.07) is 8.55. The monoisotopic (exact) mass is 466 g/mol. The summed E-state index contributed by atoms with van der Waals surface area (Å²) < 4.78 is 0. The van der Waals surface area contributed by atoms with Gasteiger partial charge in [0.25, 0.3) is 0 Å². The quantitative estimate of drug-likeness (QED) is 0.283. The topological polar surface area (TPSA) is 6.48 Å². The molecule has 0 bridgehead atoms. The van der Waals surface area contributed by atoms with Gasteiger partial charge in [-0.05, 0) is 86.9 Å². The smallest absolute Gasteiger partial charge is 0.0463 e. The Hall–Kier alpha value is -3.78. The maximum absolute atomic E-state index is 3.99. The van der Waals surface area contributed by atoms with Crippen molar-refractivity contribution in [3.8, 4) is 0 Å². The molecule has 0 N–H and O–H groups in total. The van der Waals surface area contributed by atoms with Crippen molar-refractivity contribution in [2.24, 2.45) is 0 Å². The molecule has 0 atom stereocenters. The Kier molecular flexibility index (Phi) is 14.0. The molecule has 184 valence electrons. The fraction of sp³-hybridized carbons (Fsp3) is 0.212. The lowest BCUT2D eigenvalue weighted by Gasteiger charge is -2.30. The Morgan fingerprint density at radius 3 is 1.86 bits per heavy atom. The molecule has 1 aliphatic rings. The number of hydrogen-bond acceptors (Lipinski definition) is 2. The van der Waals surface area contributed by atoms with Gasteiger partial charge in [-0.1, -0.05) is 83.5 Å². The minimum atomic E-state index is 0.904. The number of anilines is 2. The molecule has 2 nitrogen and oxygen atoms in total. The van der Waals surface area contributed by atoms with Crippen LogP contribution in [-0.2, 0) is 0 Å². The Labute approximate surface area is 214 Å². The van der Waals surface area contributed by atoms with Gasteiger partial charge in [0.2, 0.25) is 0 Å². The SMILES string of the molecule is C=C/C=C(\C=C)N(/C(C=C)=C/C=C)c1ccc(N(C2=CCCC=C2)C(/C=C\C)=C/CC)cc1.CC. The van der Waals surface area contributed by atoms with Gasteiger partial charge in [-0.2, -0.15) is 0 Å². The fourth-order valence-electron chi connectivity index (χ4n) is 3.73. The van der Waals surface area contributed by atoms with Gasteiger partial charge in [-0.15, -0.1) is 0 Å². The van der Waals surface area contributed by atoms with Crippen molar-refractivity contribution in [3.05, 3.63) is 146 Å². The van der Waals surface area contributed by atoms with E-state index in [1.165, 1.54) is 11.4 Å². The summed E-state index contributed by atoms with van der Waals surface area (Å²) in [5.74, 6) is 0. The average molecular weight is 467 g/mol. The molecule has 0 unspecified atom stereocenters. The van der Waals surface area contributed by atoms with Gasteiger partial charge in [-0.3, -0.25) is 0 Å². The molecule has 0 aromatic heterocycles. The zero-order valence-electron chi connectivity index (χ0n) is 22.1. The normalized spacial score (nSPS) is 13.9.